The Morgan fingerprint density at radius 2 is 2.00 bits per heavy atom. The minimum absolute atomic E-state index is 0.300. The van der Waals surface area contributed by atoms with E-state index in [4.69, 9.17) is 5.73 Å². The van der Waals surface area contributed by atoms with Crippen molar-refractivity contribution in [2.45, 2.75) is 13.0 Å². The molecule has 1 heterocycles. The number of aromatic nitrogens is 2. The van der Waals surface area contributed by atoms with Crippen molar-refractivity contribution in [3.05, 3.63) is 24.3 Å². The molecule has 0 aliphatic rings. The molecule has 0 spiro atoms. The first-order chi connectivity index (χ1) is 8.58. The largest absolute Gasteiger partial charge is 0.368 e. The Bertz CT molecular complexity index is 538. The summed E-state index contributed by atoms with van der Waals surface area (Å²) in [4.78, 5) is 10.6. The van der Waals surface area contributed by atoms with Gasteiger partial charge >= 0.3 is 0 Å². The Kier molecular flexibility index (Phi) is 3.62. The molecule has 0 aliphatic heterocycles. The summed E-state index contributed by atoms with van der Waals surface area (Å²) in [5.74, 6) is 1.10. The highest BCUT2D eigenvalue weighted by Gasteiger charge is 2.08. The molecule has 5 heteroatoms. The van der Waals surface area contributed by atoms with Gasteiger partial charge in [0.15, 0.2) is 0 Å². The van der Waals surface area contributed by atoms with E-state index >= 15 is 0 Å². The second-order valence-corrected chi connectivity index (χ2v) is 4.64. The Labute approximate surface area is 107 Å². The molecule has 2 rings (SSSR count). The van der Waals surface area contributed by atoms with Gasteiger partial charge in [-0.15, -0.1) is 0 Å². The lowest BCUT2D eigenvalue weighted by Crippen LogP contribution is -2.31. The number of para-hydroxylation sites is 1. The highest BCUT2D eigenvalue weighted by atomic mass is 15.1. The minimum atomic E-state index is 0.300. The van der Waals surface area contributed by atoms with Crippen LogP contribution in [0, 0.1) is 0 Å². The van der Waals surface area contributed by atoms with Crippen LogP contribution in [0.3, 0.4) is 0 Å². The van der Waals surface area contributed by atoms with Gasteiger partial charge in [0.05, 0.1) is 5.52 Å². The number of hydrogen-bond donors (Lipinski definition) is 2. The van der Waals surface area contributed by atoms with Crippen LogP contribution in [-0.4, -0.2) is 41.5 Å². The lowest BCUT2D eigenvalue weighted by atomic mass is 10.2. The van der Waals surface area contributed by atoms with E-state index in [0.717, 1.165) is 23.3 Å². The Balaban J connectivity index is 2.27. The fourth-order valence-corrected chi connectivity index (χ4v) is 1.66. The average Bonchev–Trinajstić information content (AvgIpc) is 2.35. The highest BCUT2D eigenvalue weighted by molar-refractivity contribution is 5.89. The van der Waals surface area contributed by atoms with Gasteiger partial charge in [-0.25, -0.2) is 4.98 Å². The van der Waals surface area contributed by atoms with Gasteiger partial charge in [-0.1, -0.05) is 12.1 Å². The quantitative estimate of drug-likeness (QED) is 0.856. The summed E-state index contributed by atoms with van der Waals surface area (Å²) in [7, 11) is 4.11. The molecule has 0 radical (unpaired) electrons. The Hall–Kier alpha value is -1.88. The van der Waals surface area contributed by atoms with Crippen molar-refractivity contribution in [3.63, 3.8) is 0 Å². The molecule has 0 amide bonds. The molecule has 1 aromatic carbocycles. The van der Waals surface area contributed by atoms with E-state index in [-0.39, 0.29) is 0 Å². The van der Waals surface area contributed by atoms with E-state index in [1.54, 1.807) is 0 Å². The fourth-order valence-electron chi connectivity index (χ4n) is 1.66. The molecule has 18 heavy (non-hydrogen) atoms. The van der Waals surface area contributed by atoms with E-state index < -0.39 is 0 Å². The third-order valence-corrected chi connectivity index (χ3v) is 3.07. The number of fused-ring (bicyclic) bond motifs is 1. The number of hydrogen-bond acceptors (Lipinski definition) is 5. The maximum atomic E-state index is 5.72. The van der Waals surface area contributed by atoms with Crippen molar-refractivity contribution in [2.75, 3.05) is 31.7 Å². The standard InChI is InChI=1S/C13H19N5/c1-9(18(2)3)8-15-12-10-6-4-5-7-11(10)16-13(14)17-12/h4-7,9H,8H2,1-3H3,(H3,14,15,16,17). The molecule has 0 saturated carbocycles. The highest BCUT2D eigenvalue weighted by Crippen LogP contribution is 2.20. The van der Waals surface area contributed by atoms with Gasteiger partial charge in [0.25, 0.3) is 0 Å². The summed E-state index contributed by atoms with van der Waals surface area (Å²) >= 11 is 0. The molecule has 0 saturated heterocycles. The molecule has 96 valence electrons. The first-order valence-electron chi connectivity index (χ1n) is 6.00. The molecule has 0 aliphatic carbocycles. The molecular formula is C13H19N5. The summed E-state index contributed by atoms with van der Waals surface area (Å²) in [6.45, 7) is 2.97. The summed E-state index contributed by atoms with van der Waals surface area (Å²) < 4.78 is 0. The van der Waals surface area contributed by atoms with Gasteiger partial charge in [-0.05, 0) is 33.2 Å². The maximum Gasteiger partial charge on any atom is 0.222 e. The van der Waals surface area contributed by atoms with Crippen LogP contribution >= 0.6 is 0 Å². The van der Waals surface area contributed by atoms with Crippen molar-refractivity contribution in [2.24, 2.45) is 0 Å². The van der Waals surface area contributed by atoms with Crippen molar-refractivity contribution in [1.29, 1.82) is 0 Å². The van der Waals surface area contributed by atoms with Crippen LogP contribution in [0.1, 0.15) is 6.92 Å². The zero-order chi connectivity index (χ0) is 13.1. The van der Waals surface area contributed by atoms with E-state index in [9.17, 15) is 0 Å². The van der Waals surface area contributed by atoms with Gasteiger partial charge in [0, 0.05) is 18.0 Å². The van der Waals surface area contributed by atoms with Gasteiger partial charge < -0.3 is 16.0 Å². The summed E-state index contributed by atoms with van der Waals surface area (Å²) in [6, 6.07) is 8.27. The van der Waals surface area contributed by atoms with Crippen LogP contribution in [0.4, 0.5) is 11.8 Å². The number of likely N-dealkylation sites (N-methyl/N-ethyl adjacent to an activating group) is 1. The van der Waals surface area contributed by atoms with Crippen LogP contribution in [-0.2, 0) is 0 Å². The second kappa shape index (κ2) is 5.18. The third kappa shape index (κ3) is 2.68. The third-order valence-electron chi connectivity index (χ3n) is 3.07. The minimum Gasteiger partial charge on any atom is -0.368 e. The normalized spacial score (nSPS) is 12.9. The van der Waals surface area contributed by atoms with E-state index in [2.05, 4.69) is 41.2 Å². The number of nitrogen functional groups attached to an aromatic ring is 1. The van der Waals surface area contributed by atoms with Gasteiger partial charge in [-0.3, -0.25) is 0 Å². The van der Waals surface area contributed by atoms with Crippen molar-refractivity contribution in [3.8, 4) is 0 Å². The number of nitrogens with zero attached hydrogens (tertiary/aromatic N) is 3. The first kappa shape index (κ1) is 12.6. The lowest BCUT2D eigenvalue weighted by molar-refractivity contribution is 0.326. The monoisotopic (exact) mass is 245 g/mol. The van der Waals surface area contributed by atoms with E-state index in [1.807, 2.05) is 24.3 Å². The Morgan fingerprint density at radius 1 is 1.28 bits per heavy atom. The average molecular weight is 245 g/mol. The summed E-state index contributed by atoms with van der Waals surface area (Å²) in [5.41, 5.74) is 6.58. The molecule has 3 N–H and O–H groups in total. The van der Waals surface area contributed by atoms with E-state index in [1.165, 1.54) is 0 Å². The number of rotatable bonds is 4. The molecule has 2 aromatic rings. The van der Waals surface area contributed by atoms with Crippen LogP contribution in [0.2, 0.25) is 0 Å². The SMILES string of the molecule is CC(CNc1nc(N)nc2ccccc12)N(C)C. The van der Waals surface area contributed by atoms with Gasteiger partial charge in [0.2, 0.25) is 5.95 Å². The molecule has 5 nitrogen and oxygen atoms in total. The van der Waals surface area contributed by atoms with Crippen LogP contribution in [0.25, 0.3) is 10.9 Å². The van der Waals surface area contributed by atoms with Gasteiger partial charge in [0.1, 0.15) is 5.82 Å². The molecule has 1 aromatic heterocycles. The Morgan fingerprint density at radius 3 is 2.72 bits per heavy atom. The van der Waals surface area contributed by atoms with Crippen molar-refractivity contribution in [1.82, 2.24) is 14.9 Å². The zero-order valence-corrected chi connectivity index (χ0v) is 11.0. The molecule has 0 fully saturated rings. The predicted octanol–water partition coefficient (Wildman–Crippen LogP) is 1.57. The molecule has 1 atom stereocenters. The summed E-state index contributed by atoms with van der Waals surface area (Å²) in [5, 5.41) is 4.33. The number of anilines is 2. The van der Waals surface area contributed by atoms with Crippen molar-refractivity contribution < 1.29 is 0 Å². The smallest absolute Gasteiger partial charge is 0.222 e. The molecular weight excluding hydrogens is 226 g/mol. The van der Waals surface area contributed by atoms with Crippen molar-refractivity contribution >= 4 is 22.7 Å². The maximum absolute atomic E-state index is 5.72. The summed E-state index contributed by atoms with van der Waals surface area (Å²) in [6.07, 6.45) is 0. The zero-order valence-electron chi connectivity index (χ0n) is 11.0. The fraction of sp³-hybridized carbons (Fsp3) is 0.385. The van der Waals surface area contributed by atoms with E-state index in [0.29, 0.717) is 12.0 Å². The lowest BCUT2D eigenvalue weighted by Gasteiger charge is -2.20. The molecule has 1 unspecified atom stereocenters. The number of nitrogens with two attached hydrogens (primary N) is 1. The van der Waals surface area contributed by atoms with Crippen LogP contribution in [0.5, 0.6) is 0 Å². The van der Waals surface area contributed by atoms with Crippen LogP contribution in [0.15, 0.2) is 24.3 Å². The van der Waals surface area contributed by atoms with Gasteiger partial charge in [-0.2, -0.15) is 4.98 Å². The predicted molar refractivity (Wildman–Crippen MR) is 75.6 cm³/mol. The van der Waals surface area contributed by atoms with Crippen LogP contribution < -0.4 is 11.1 Å². The number of nitrogens with one attached hydrogen (secondary N) is 1. The second-order valence-electron chi connectivity index (χ2n) is 4.64. The first-order valence-corrected chi connectivity index (χ1v) is 6.00. The number of benzene rings is 1. The topological polar surface area (TPSA) is 67.1 Å². The molecule has 0 bridgehead atoms.